The Morgan fingerprint density at radius 1 is 1.62 bits per heavy atom. The number of nitrogens with zero attached hydrogens (tertiary/aromatic N) is 2. The molecule has 1 heterocycles. The highest BCUT2D eigenvalue weighted by Crippen LogP contribution is 2.03. The molecule has 0 saturated carbocycles. The average molecular weight is 181 g/mol. The van der Waals surface area contributed by atoms with Crippen LogP contribution in [0.1, 0.15) is 13.3 Å². The van der Waals surface area contributed by atoms with Crippen molar-refractivity contribution in [2.75, 3.05) is 18.5 Å². The molecule has 0 aliphatic heterocycles. The van der Waals surface area contributed by atoms with E-state index in [2.05, 4.69) is 22.2 Å². The summed E-state index contributed by atoms with van der Waals surface area (Å²) in [6.45, 7) is 3.16. The number of hydrogen-bond acceptors (Lipinski definition) is 4. The summed E-state index contributed by atoms with van der Waals surface area (Å²) < 4.78 is 0. The second kappa shape index (κ2) is 5.48. The molecule has 1 rings (SSSR count). The summed E-state index contributed by atoms with van der Waals surface area (Å²) in [6.07, 6.45) is 4.03. The third-order valence-electron chi connectivity index (χ3n) is 1.84. The Kier molecular flexibility index (Phi) is 4.18. The van der Waals surface area contributed by atoms with E-state index in [9.17, 15) is 0 Å². The molecule has 0 radical (unpaired) electrons. The molecule has 0 amide bonds. The zero-order chi connectivity index (χ0) is 9.52. The third kappa shape index (κ3) is 3.85. The summed E-state index contributed by atoms with van der Waals surface area (Å²) in [5, 5.41) is 11.8. The van der Waals surface area contributed by atoms with Crippen LogP contribution < -0.4 is 5.32 Å². The Labute approximate surface area is 78.0 Å². The first-order valence-corrected chi connectivity index (χ1v) is 4.43. The summed E-state index contributed by atoms with van der Waals surface area (Å²) in [5.41, 5.74) is 0. The van der Waals surface area contributed by atoms with Crippen molar-refractivity contribution in [1.29, 1.82) is 0 Å². The van der Waals surface area contributed by atoms with Crippen molar-refractivity contribution in [3.8, 4) is 0 Å². The maximum Gasteiger partial charge on any atom is 0.129 e. The van der Waals surface area contributed by atoms with Crippen LogP contribution in [0.2, 0.25) is 0 Å². The zero-order valence-electron chi connectivity index (χ0n) is 7.77. The predicted molar refractivity (Wildman–Crippen MR) is 51.4 cm³/mol. The summed E-state index contributed by atoms with van der Waals surface area (Å²) in [7, 11) is 0. The SMILES string of the molecule is CC(CCO)CNc1ccncn1. The molecule has 0 spiro atoms. The summed E-state index contributed by atoms with van der Waals surface area (Å²) in [6, 6.07) is 1.83. The van der Waals surface area contributed by atoms with E-state index in [-0.39, 0.29) is 6.61 Å². The maximum absolute atomic E-state index is 8.68. The number of aromatic nitrogens is 2. The van der Waals surface area contributed by atoms with Crippen molar-refractivity contribution in [2.45, 2.75) is 13.3 Å². The maximum atomic E-state index is 8.68. The Morgan fingerprint density at radius 3 is 3.08 bits per heavy atom. The van der Waals surface area contributed by atoms with Gasteiger partial charge in [0.05, 0.1) is 0 Å². The number of anilines is 1. The minimum atomic E-state index is 0.243. The molecular formula is C9H15N3O. The van der Waals surface area contributed by atoms with E-state index in [0.29, 0.717) is 5.92 Å². The van der Waals surface area contributed by atoms with Crippen LogP contribution in [0.5, 0.6) is 0 Å². The van der Waals surface area contributed by atoms with E-state index >= 15 is 0 Å². The lowest BCUT2D eigenvalue weighted by Gasteiger charge is -2.10. The Balaban J connectivity index is 2.27. The topological polar surface area (TPSA) is 58.0 Å². The second-order valence-electron chi connectivity index (χ2n) is 3.09. The van der Waals surface area contributed by atoms with Crippen molar-refractivity contribution in [1.82, 2.24) is 9.97 Å². The lowest BCUT2D eigenvalue weighted by molar-refractivity contribution is 0.266. The van der Waals surface area contributed by atoms with Gasteiger partial charge in [-0.1, -0.05) is 6.92 Å². The zero-order valence-corrected chi connectivity index (χ0v) is 7.77. The lowest BCUT2D eigenvalue weighted by atomic mass is 10.1. The van der Waals surface area contributed by atoms with Gasteiger partial charge in [-0.05, 0) is 18.4 Å². The largest absolute Gasteiger partial charge is 0.396 e. The average Bonchev–Trinajstić information content (AvgIpc) is 2.17. The highest BCUT2D eigenvalue weighted by molar-refractivity contribution is 5.31. The third-order valence-corrected chi connectivity index (χ3v) is 1.84. The number of rotatable bonds is 5. The highest BCUT2D eigenvalue weighted by Gasteiger charge is 2.00. The van der Waals surface area contributed by atoms with Crippen LogP contribution in [0.4, 0.5) is 5.82 Å². The van der Waals surface area contributed by atoms with Crippen LogP contribution in [0.3, 0.4) is 0 Å². The fourth-order valence-electron chi connectivity index (χ4n) is 0.997. The van der Waals surface area contributed by atoms with Crippen molar-refractivity contribution < 1.29 is 5.11 Å². The van der Waals surface area contributed by atoms with Gasteiger partial charge in [0.15, 0.2) is 0 Å². The number of nitrogens with one attached hydrogen (secondary N) is 1. The van der Waals surface area contributed by atoms with Crippen molar-refractivity contribution >= 4 is 5.82 Å². The monoisotopic (exact) mass is 181 g/mol. The smallest absolute Gasteiger partial charge is 0.129 e. The van der Waals surface area contributed by atoms with E-state index in [0.717, 1.165) is 18.8 Å². The molecule has 0 saturated heterocycles. The second-order valence-corrected chi connectivity index (χ2v) is 3.09. The van der Waals surface area contributed by atoms with Crippen LogP contribution in [0.25, 0.3) is 0 Å². The standard InChI is InChI=1S/C9H15N3O/c1-8(3-5-13)6-11-9-2-4-10-7-12-9/h2,4,7-8,13H,3,5-6H2,1H3,(H,10,11,12). The fraction of sp³-hybridized carbons (Fsp3) is 0.556. The van der Waals surface area contributed by atoms with E-state index in [4.69, 9.17) is 5.11 Å². The van der Waals surface area contributed by atoms with E-state index in [1.807, 2.05) is 6.07 Å². The first kappa shape index (κ1) is 9.92. The molecule has 2 N–H and O–H groups in total. The quantitative estimate of drug-likeness (QED) is 0.708. The molecule has 0 aromatic carbocycles. The molecule has 1 aromatic heterocycles. The van der Waals surface area contributed by atoms with Crippen LogP contribution in [-0.2, 0) is 0 Å². The highest BCUT2D eigenvalue weighted by atomic mass is 16.3. The molecule has 72 valence electrons. The molecule has 1 atom stereocenters. The number of hydrogen-bond donors (Lipinski definition) is 2. The molecule has 1 aromatic rings. The van der Waals surface area contributed by atoms with Gasteiger partial charge in [-0.3, -0.25) is 0 Å². The minimum Gasteiger partial charge on any atom is -0.396 e. The van der Waals surface area contributed by atoms with Gasteiger partial charge in [-0.15, -0.1) is 0 Å². The molecule has 0 bridgehead atoms. The predicted octanol–water partition coefficient (Wildman–Crippen LogP) is 0.907. The first-order valence-electron chi connectivity index (χ1n) is 4.43. The van der Waals surface area contributed by atoms with Crippen molar-refractivity contribution in [3.05, 3.63) is 18.6 Å². The summed E-state index contributed by atoms with van der Waals surface area (Å²) in [5.74, 6) is 1.29. The molecule has 0 aliphatic carbocycles. The number of aliphatic hydroxyl groups excluding tert-OH is 1. The Bertz CT molecular complexity index is 228. The van der Waals surface area contributed by atoms with E-state index in [1.54, 1.807) is 6.20 Å². The van der Waals surface area contributed by atoms with Gasteiger partial charge in [0.1, 0.15) is 12.1 Å². The molecule has 13 heavy (non-hydrogen) atoms. The van der Waals surface area contributed by atoms with Gasteiger partial charge in [-0.25, -0.2) is 9.97 Å². The van der Waals surface area contributed by atoms with Crippen LogP contribution in [0.15, 0.2) is 18.6 Å². The lowest BCUT2D eigenvalue weighted by Crippen LogP contribution is -2.13. The number of aliphatic hydroxyl groups is 1. The normalized spacial score (nSPS) is 12.5. The Morgan fingerprint density at radius 2 is 2.46 bits per heavy atom. The van der Waals surface area contributed by atoms with Gasteiger partial charge >= 0.3 is 0 Å². The molecule has 4 heteroatoms. The molecule has 0 aliphatic rings. The van der Waals surface area contributed by atoms with Gasteiger partial charge in [-0.2, -0.15) is 0 Å². The van der Waals surface area contributed by atoms with Gasteiger partial charge < -0.3 is 10.4 Å². The van der Waals surface area contributed by atoms with E-state index < -0.39 is 0 Å². The van der Waals surface area contributed by atoms with Crippen LogP contribution >= 0.6 is 0 Å². The first-order chi connectivity index (χ1) is 6.33. The molecule has 0 fully saturated rings. The Hall–Kier alpha value is -1.16. The van der Waals surface area contributed by atoms with Crippen LogP contribution in [-0.4, -0.2) is 28.2 Å². The van der Waals surface area contributed by atoms with Gasteiger partial charge in [0.25, 0.3) is 0 Å². The summed E-state index contributed by atoms with van der Waals surface area (Å²) >= 11 is 0. The van der Waals surface area contributed by atoms with E-state index in [1.165, 1.54) is 6.33 Å². The van der Waals surface area contributed by atoms with Gasteiger partial charge in [0.2, 0.25) is 0 Å². The summed E-state index contributed by atoms with van der Waals surface area (Å²) in [4.78, 5) is 7.84. The molecule has 1 unspecified atom stereocenters. The molecular weight excluding hydrogens is 166 g/mol. The van der Waals surface area contributed by atoms with Crippen LogP contribution in [0, 0.1) is 5.92 Å². The minimum absolute atomic E-state index is 0.243. The fourth-order valence-corrected chi connectivity index (χ4v) is 0.997. The van der Waals surface area contributed by atoms with Crippen molar-refractivity contribution in [3.63, 3.8) is 0 Å². The molecule has 4 nitrogen and oxygen atoms in total. The van der Waals surface area contributed by atoms with Crippen molar-refractivity contribution in [2.24, 2.45) is 5.92 Å². The van der Waals surface area contributed by atoms with Gasteiger partial charge in [0, 0.05) is 19.3 Å².